The van der Waals surface area contributed by atoms with E-state index in [1.165, 1.54) is 11.0 Å². The first-order chi connectivity index (χ1) is 12.2. The van der Waals surface area contributed by atoms with Crippen molar-refractivity contribution in [2.45, 2.75) is 4.90 Å². The smallest absolute Gasteiger partial charge is 0.270 e. The zero-order valence-corrected chi connectivity index (χ0v) is 15.5. The number of nitrogens with one attached hydrogen (secondary N) is 1. The van der Waals surface area contributed by atoms with Crippen LogP contribution in [0, 0.1) is 11.6 Å². The molecule has 1 aromatic heterocycles. The van der Waals surface area contributed by atoms with Crippen LogP contribution in [0.2, 0.25) is 10.2 Å². The van der Waals surface area contributed by atoms with Crippen LogP contribution in [-0.4, -0.2) is 54.7 Å². The molecule has 140 valence electrons. The number of halogens is 4. The van der Waals surface area contributed by atoms with Gasteiger partial charge in [-0.05, 0) is 24.3 Å². The fraction of sp³-hybridized carbons (Fsp3) is 0.267. The van der Waals surface area contributed by atoms with Gasteiger partial charge in [0.15, 0.2) is 0 Å². The topological polar surface area (TPSA) is 73.5 Å². The number of hydrogen-bond donors (Lipinski definition) is 1. The van der Waals surface area contributed by atoms with Gasteiger partial charge in [0.05, 0.1) is 5.02 Å². The van der Waals surface area contributed by atoms with Crippen LogP contribution in [0.15, 0.2) is 29.2 Å². The fourth-order valence-electron chi connectivity index (χ4n) is 2.64. The highest BCUT2D eigenvalue weighted by atomic mass is 35.5. The first kappa shape index (κ1) is 19.1. The molecule has 1 fully saturated rings. The minimum Gasteiger partial charge on any atom is -0.340 e. The van der Waals surface area contributed by atoms with Crippen molar-refractivity contribution in [2.75, 3.05) is 26.2 Å². The van der Waals surface area contributed by atoms with Gasteiger partial charge < -0.3 is 9.88 Å². The number of H-pyrrole nitrogens is 1. The standard InChI is InChI=1S/C15H13Cl2F2N3O3S/c16-10-8-12(20-14(10)17)15(23)21-3-5-22(6-4-21)26(24,25)13-7-9(18)1-2-11(13)19/h1-2,7-8,20H,3-6H2. The van der Waals surface area contributed by atoms with E-state index in [4.69, 9.17) is 23.2 Å². The summed E-state index contributed by atoms with van der Waals surface area (Å²) in [5.41, 5.74) is 0.187. The highest BCUT2D eigenvalue weighted by Crippen LogP contribution is 2.24. The molecule has 0 atom stereocenters. The Labute approximate surface area is 158 Å². The quantitative estimate of drug-likeness (QED) is 0.824. The summed E-state index contributed by atoms with van der Waals surface area (Å²) < 4.78 is 53.2. The fourth-order valence-corrected chi connectivity index (χ4v) is 4.45. The normalized spacial score (nSPS) is 16.1. The summed E-state index contributed by atoms with van der Waals surface area (Å²) in [4.78, 5) is 15.7. The van der Waals surface area contributed by atoms with Gasteiger partial charge in [0, 0.05) is 26.2 Å². The van der Waals surface area contributed by atoms with Gasteiger partial charge in [-0.25, -0.2) is 17.2 Å². The number of aromatic nitrogens is 1. The first-order valence-corrected chi connectivity index (χ1v) is 9.68. The van der Waals surface area contributed by atoms with Crippen LogP contribution < -0.4 is 0 Å². The molecule has 1 N–H and O–H groups in total. The summed E-state index contributed by atoms with van der Waals surface area (Å²) in [6, 6.07) is 3.64. The van der Waals surface area contributed by atoms with Crippen molar-refractivity contribution in [3.63, 3.8) is 0 Å². The average molecular weight is 424 g/mol. The third-order valence-corrected chi connectivity index (χ3v) is 6.60. The lowest BCUT2D eigenvalue weighted by Gasteiger charge is -2.33. The summed E-state index contributed by atoms with van der Waals surface area (Å²) in [5, 5.41) is 0.343. The van der Waals surface area contributed by atoms with E-state index in [0.29, 0.717) is 6.07 Å². The number of sulfonamides is 1. The Balaban J connectivity index is 1.73. The maximum atomic E-state index is 13.8. The number of hydrogen-bond acceptors (Lipinski definition) is 3. The molecule has 1 aliphatic heterocycles. The second-order valence-corrected chi connectivity index (χ2v) is 8.31. The Hall–Kier alpha value is -1.68. The summed E-state index contributed by atoms with van der Waals surface area (Å²) in [6.07, 6.45) is 0. The molecule has 11 heteroatoms. The second kappa shape index (κ2) is 7.15. The zero-order chi connectivity index (χ0) is 19.1. The van der Waals surface area contributed by atoms with Crippen molar-refractivity contribution < 1.29 is 22.0 Å². The Morgan fingerprint density at radius 1 is 1.08 bits per heavy atom. The predicted molar refractivity (Wildman–Crippen MR) is 91.8 cm³/mol. The van der Waals surface area contributed by atoms with E-state index in [9.17, 15) is 22.0 Å². The van der Waals surface area contributed by atoms with Crippen molar-refractivity contribution in [2.24, 2.45) is 0 Å². The number of carbonyl (C=O) groups excluding carboxylic acids is 1. The maximum absolute atomic E-state index is 13.8. The second-order valence-electron chi connectivity index (χ2n) is 5.62. The largest absolute Gasteiger partial charge is 0.340 e. The van der Waals surface area contributed by atoms with Crippen LogP contribution in [0.25, 0.3) is 0 Å². The van der Waals surface area contributed by atoms with Gasteiger partial charge in [-0.15, -0.1) is 0 Å². The van der Waals surface area contributed by atoms with Gasteiger partial charge in [-0.1, -0.05) is 23.2 Å². The van der Waals surface area contributed by atoms with Crippen LogP contribution in [0.1, 0.15) is 10.5 Å². The molecular formula is C15H13Cl2F2N3O3S. The minimum atomic E-state index is -4.20. The van der Waals surface area contributed by atoms with Gasteiger partial charge in [0.2, 0.25) is 10.0 Å². The molecule has 26 heavy (non-hydrogen) atoms. The Kier molecular flexibility index (Phi) is 5.25. The molecule has 0 bridgehead atoms. The van der Waals surface area contributed by atoms with E-state index in [1.54, 1.807) is 0 Å². The molecule has 1 saturated heterocycles. The van der Waals surface area contributed by atoms with E-state index in [-0.39, 0.29) is 48.0 Å². The number of amides is 1. The van der Waals surface area contributed by atoms with E-state index >= 15 is 0 Å². The first-order valence-electron chi connectivity index (χ1n) is 7.48. The summed E-state index contributed by atoms with van der Waals surface area (Å²) in [5.74, 6) is -2.26. The molecule has 1 aliphatic rings. The maximum Gasteiger partial charge on any atom is 0.270 e. The van der Waals surface area contributed by atoms with E-state index in [2.05, 4.69) is 4.98 Å². The highest BCUT2D eigenvalue weighted by Gasteiger charge is 2.32. The Bertz CT molecular complexity index is 938. The van der Waals surface area contributed by atoms with Crippen molar-refractivity contribution in [1.29, 1.82) is 0 Å². The Morgan fingerprint density at radius 2 is 1.73 bits per heavy atom. The third-order valence-electron chi connectivity index (χ3n) is 3.99. The Morgan fingerprint density at radius 3 is 2.31 bits per heavy atom. The lowest BCUT2D eigenvalue weighted by molar-refractivity contribution is 0.0692. The van der Waals surface area contributed by atoms with E-state index in [1.807, 2.05) is 0 Å². The molecule has 6 nitrogen and oxygen atoms in total. The van der Waals surface area contributed by atoms with Gasteiger partial charge in [-0.2, -0.15) is 4.31 Å². The molecule has 0 spiro atoms. The van der Waals surface area contributed by atoms with Crippen molar-refractivity contribution in [3.05, 3.63) is 51.8 Å². The molecule has 0 unspecified atom stereocenters. The van der Waals surface area contributed by atoms with Gasteiger partial charge in [-0.3, -0.25) is 4.79 Å². The third kappa shape index (κ3) is 3.57. The van der Waals surface area contributed by atoms with Gasteiger partial charge >= 0.3 is 0 Å². The van der Waals surface area contributed by atoms with Crippen molar-refractivity contribution in [1.82, 2.24) is 14.2 Å². The van der Waals surface area contributed by atoms with E-state index in [0.717, 1.165) is 16.4 Å². The molecule has 3 rings (SSSR count). The van der Waals surface area contributed by atoms with Gasteiger partial charge in [0.25, 0.3) is 5.91 Å². The lowest BCUT2D eigenvalue weighted by Crippen LogP contribution is -2.50. The number of carbonyl (C=O) groups is 1. The van der Waals surface area contributed by atoms with Crippen LogP contribution in [0.4, 0.5) is 8.78 Å². The summed E-state index contributed by atoms with van der Waals surface area (Å²) in [6.45, 7) is 0.0743. The van der Waals surface area contributed by atoms with Gasteiger partial charge in [0.1, 0.15) is 27.4 Å². The van der Waals surface area contributed by atoms with Crippen molar-refractivity contribution in [3.8, 4) is 0 Å². The molecule has 2 aromatic rings. The molecule has 2 heterocycles. The van der Waals surface area contributed by atoms with Crippen molar-refractivity contribution >= 4 is 39.1 Å². The molecule has 1 amide bonds. The number of nitrogens with zero attached hydrogens (tertiary/aromatic N) is 2. The molecule has 1 aromatic carbocycles. The molecule has 0 saturated carbocycles. The minimum absolute atomic E-state index is 0.0494. The number of aromatic amines is 1. The number of piperazine rings is 1. The average Bonchev–Trinajstić information content (AvgIpc) is 2.95. The summed E-state index contributed by atoms with van der Waals surface area (Å²) >= 11 is 11.6. The predicted octanol–water partition coefficient (Wildman–Crippen LogP) is 2.75. The molecule has 0 radical (unpaired) electrons. The SMILES string of the molecule is O=C(c1cc(Cl)c(Cl)[nH]1)N1CCN(S(=O)(=O)c2cc(F)ccc2F)CC1. The molecule has 0 aliphatic carbocycles. The van der Waals surface area contributed by atoms with Crippen LogP contribution >= 0.6 is 23.2 Å². The van der Waals surface area contributed by atoms with Crippen LogP contribution in [-0.2, 0) is 10.0 Å². The summed E-state index contributed by atoms with van der Waals surface area (Å²) in [7, 11) is -4.20. The molecular weight excluding hydrogens is 411 g/mol. The monoisotopic (exact) mass is 423 g/mol. The van der Waals surface area contributed by atoms with Crippen LogP contribution in [0.3, 0.4) is 0 Å². The van der Waals surface area contributed by atoms with Crippen LogP contribution in [0.5, 0.6) is 0 Å². The zero-order valence-electron chi connectivity index (χ0n) is 13.2. The number of benzene rings is 1. The lowest BCUT2D eigenvalue weighted by atomic mass is 10.3. The highest BCUT2D eigenvalue weighted by molar-refractivity contribution is 7.89. The van der Waals surface area contributed by atoms with E-state index < -0.39 is 26.6 Å². The number of rotatable bonds is 3.